The Morgan fingerprint density at radius 1 is 1.45 bits per heavy atom. The van der Waals surface area contributed by atoms with E-state index in [0.717, 1.165) is 24.8 Å². The molecular weight excluding hydrogens is 140 g/mol. The van der Waals surface area contributed by atoms with Gasteiger partial charge in [0.2, 0.25) is 0 Å². The lowest BCUT2D eigenvalue weighted by Gasteiger charge is -2.14. The van der Waals surface area contributed by atoms with Crippen LogP contribution < -0.4 is 4.90 Å². The van der Waals surface area contributed by atoms with Crippen molar-refractivity contribution in [3.63, 3.8) is 0 Å². The van der Waals surface area contributed by atoms with E-state index in [4.69, 9.17) is 4.42 Å². The summed E-state index contributed by atoms with van der Waals surface area (Å²) in [7, 11) is 0. The monoisotopic (exact) mass is 154 g/mol. The number of anilines is 1. The Labute approximate surface area is 67.0 Å². The van der Waals surface area contributed by atoms with Crippen molar-refractivity contribution in [2.24, 2.45) is 0 Å². The van der Waals surface area contributed by atoms with Crippen LogP contribution in [-0.2, 0) is 0 Å². The summed E-state index contributed by atoms with van der Waals surface area (Å²) in [6, 6.07) is 0.729. The molecule has 0 spiro atoms. The van der Waals surface area contributed by atoms with Gasteiger partial charge in [0.25, 0.3) is 6.01 Å². The van der Waals surface area contributed by atoms with E-state index in [0.29, 0.717) is 0 Å². The van der Waals surface area contributed by atoms with Gasteiger partial charge >= 0.3 is 0 Å². The lowest BCUT2D eigenvalue weighted by Crippen LogP contribution is -2.21. The summed E-state index contributed by atoms with van der Waals surface area (Å²) in [6.45, 7) is 7.98. The van der Waals surface area contributed by atoms with Gasteiger partial charge in [-0.15, -0.1) is 0 Å². The van der Waals surface area contributed by atoms with E-state index in [2.05, 4.69) is 23.7 Å². The zero-order valence-corrected chi connectivity index (χ0v) is 7.29. The van der Waals surface area contributed by atoms with Crippen LogP contribution in [0.25, 0.3) is 0 Å². The molecule has 1 aromatic heterocycles. The van der Waals surface area contributed by atoms with Crippen LogP contribution in [0, 0.1) is 6.92 Å². The minimum Gasteiger partial charge on any atom is -0.432 e. The lowest BCUT2D eigenvalue weighted by molar-refractivity contribution is 0.539. The van der Waals surface area contributed by atoms with Crippen molar-refractivity contribution in [3.8, 4) is 0 Å². The zero-order chi connectivity index (χ0) is 8.27. The van der Waals surface area contributed by atoms with E-state index in [1.807, 2.05) is 6.92 Å². The van der Waals surface area contributed by atoms with E-state index in [-0.39, 0.29) is 0 Å². The van der Waals surface area contributed by atoms with Gasteiger partial charge in [0, 0.05) is 13.1 Å². The van der Waals surface area contributed by atoms with Crippen molar-refractivity contribution in [1.29, 1.82) is 0 Å². The number of hydrogen-bond donors (Lipinski definition) is 0. The molecule has 11 heavy (non-hydrogen) atoms. The molecule has 3 heteroatoms. The van der Waals surface area contributed by atoms with Crippen molar-refractivity contribution in [2.45, 2.75) is 20.8 Å². The van der Waals surface area contributed by atoms with Gasteiger partial charge in [0.05, 0.1) is 5.69 Å². The van der Waals surface area contributed by atoms with E-state index in [9.17, 15) is 0 Å². The fourth-order valence-corrected chi connectivity index (χ4v) is 0.981. The van der Waals surface area contributed by atoms with E-state index >= 15 is 0 Å². The van der Waals surface area contributed by atoms with Crippen LogP contribution >= 0.6 is 0 Å². The van der Waals surface area contributed by atoms with Crippen molar-refractivity contribution >= 4 is 6.01 Å². The quantitative estimate of drug-likeness (QED) is 0.665. The van der Waals surface area contributed by atoms with Gasteiger partial charge in [0.1, 0.15) is 6.26 Å². The Bertz CT molecular complexity index is 216. The first-order valence-electron chi connectivity index (χ1n) is 3.95. The minimum absolute atomic E-state index is 0.729. The van der Waals surface area contributed by atoms with Crippen LogP contribution in [0.1, 0.15) is 19.5 Å². The van der Waals surface area contributed by atoms with Gasteiger partial charge in [0.15, 0.2) is 0 Å². The maximum absolute atomic E-state index is 5.22. The SMILES string of the molecule is CCN(CC)c1nc(C)co1. The standard InChI is InChI=1S/C8H14N2O/c1-4-10(5-2)8-9-7(3)6-11-8/h6H,4-5H2,1-3H3. The molecule has 0 unspecified atom stereocenters. The molecule has 0 saturated heterocycles. The summed E-state index contributed by atoms with van der Waals surface area (Å²) < 4.78 is 5.22. The van der Waals surface area contributed by atoms with Crippen LogP contribution in [0.4, 0.5) is 6.01 Å². The minimum atomic E-state index is 0.729. The van der Waals surface area contributed by atoms with Crippen molar-refractivity contribution in [1.82, 2.24) is 4.98 Å². The molecule has 1 rings (SSSR count). The van der Waals surface area contributed by atoms with Gasteiger partial charge in [-0.2, -0.15) is 4.98 Å². The fourth-order valence-electron chi connectivity index (χ4n) is 0.981. The molecule has 0 saturated carbocycles. The molecule has 0 aromatic carbocycles. The first-order valence-corrected chi connectivity index (χ1v) is 3.95. The van der Waals surface area contributed by atoms with Crippen molar-refractivity contribution in [2.75, 3.05) is 18.0 Å². The molecule has 0 aliphatic heterocycles. The number of aromatic nitrogens is 1. The molecule has 3 nitrogen and oxygen atoms in total. The highest BCUT2D eigenvalue weighted by Gasteiger charge is 2.06. The Kier molecular flexibility index (Phi) is 2.52. The summed E-state index contributed by atoms with van der Waals surface area (Å²) in [4.78, 5) is 6.29. The lowest BCUT2D eigenvalue weighted by atomic mass is 10.5. The highest BCUT2D eigenvalue weighted by molar-refractivity contribution is 5.25. The highest BCUT2D eigenvalue weighted by atomic mass is 16.4. The molecule has 0 amide bonds. The molecule has 0 atom stereocenters. The smallest absolute Gasteiger partial charge is 0.297 e. The predicted molar refractivity (Wildman–Crippen MR) is 44.8 cm³/mol. The molecule has 0 aliphatic carbocycles. The molecule has 0 fully saturated rings. The van der Waals surface area contributed by atoms with E-state index in [1.54, 1.807) is 6.26 Å². The second-order valence-electron chi connectivity index (χ2n) is 2.44. The Morgan fingerprint density at radius 2 is 2.09 bits per heavy atom. The van der Waals surface area contributed by atoms with Gasteiger partial charge in [-0.25, -0.2) is 0 Å². The number of hydrogen-bond acceptors (Lipinski definition) is 3. The third-order valence-corrected chi connectivity index (χ3v) is 1.64. The molecule has 0 radical (unpaired) electrons. The predicted octanol–water partition coefficient (Wildman–Crippen LogP) is 1.83. The Balaban J connectivity index is 2.73. The molecule has 62 valence electrons. The third kappa shape index (κ3) is 1.73. The van der Waals surface area contributed by atoms with Gasteiger partial charge in [-0.3, -0.25) is 0 Å². The van der Waals surface area contributed by atoms with Gasteiger partial charge in [-0.05, 0) is 20.8 Å². The summed E-state index contributed by atoms with van der Waals surface area (Å²) >= 11 is 0. The van der Waals surface area contributed by atoms with Crippen molar-refractivity contribution < 1.29 is 4.42 Å². The second-order valence-corrected chi connectivity index (χ2v) is 2.44. The van der Waals surface area contributed by atoms with Crippen LogP contribution in [0.15, 0.2) is 10.7 Å². The van der Waals surface area contributed by atoms with Crippen LogP contribution in [0.5, 0.6) is 0 Å². The topological polar surface area (TPSA) is 29.3 Å². The van der Waals surface area contributed by atoms with E-state index in [1.165, 1.54) is 0 Å². The summed E-state index contributed by atoms with van der Waals surface area (Å²) in [6.07, 6.45) is 1.67. The Morgan fingerprint density at radius 3 is 2.45 bits per heavy atom. The second kappa shape index (κ2) is 3.42. The maximum Gasteiger partial charge on any atom is 0.297 e. The average Bonchev–Trinajstić information content (AvgIpc) is 2.39. The molecule has 1 heterocycles. The average molecular weight is 154 g/mol. The van der Waals surface area contributed by atoms with Crippen LogP contribution in [0.3, 0.4) is 0 Å². The molecule has 1 aromatic rings. The van der Waals surface area contributed by atoms with Crippen LogP contribution in [-0.4, -0.2) is 18.1 Å². The molecule has 0 aliphatic rings. The Hall–Kier alpha value is -0.990. The fraction of sp³-hybridized carbons (Fsp3) is 0.625. The van der Waals surface area contributed by atoms with E-state index < -0.39 is 0 Å². The largest absolute Gasteiger partial charge is 0.432 e. The summed E-state index contributed by atoms with van der Waals surface area (Å²) in [5.74, 6) is 0. The number of aryl methyl sites for hydroxylation is 1. The van der Waals surface area contributed by atoms with Crippen LogP contribution in [0.2, 0.25) is 0 Å². The number of oxazole rings is 1. The molecular formula is C8H14N2O. The molecule has 0 bridgehead atoms. The first-order chi connectivity index (χ1) is 5.27. The van der Waals surface area contributed by atoms with Crippen molar-refractivity contribution in [3.05, 3.63) is 12.0 Å². The molecule has 0 N–H and O–H groups in total. The van der Waals surface area contributed by atoms with Gasteiger partial charge in [-0.1, -0.05) is 0 Å². The number of nitrogens with zero attached hydrogens (tertiary/aromatic N) is 2. The first kappa shape index (κ1) is 8.11. The highest BCUT2D eigenvalue weighted by Crippen LogP contribution is 2.11. The summed E-state index contributed by atoms with van der Waals surface area (Å²) in [5, 5.41) is 0. The third-order valence-electron chi connectivity index (χ3n) is 1.64. The summed E-state index contributed by atoms with van der Waals surface area (Å²) in [5.41, 5.74) is 0.937. The number of rotatable bonds is 3. The zero-order valence-electron chi connectivity index (χ0n) is 7.29. The maximum atomic E-state index is 5.22. The van der Waals surface area contributed by atoms with Gasteiger partial charge < -0.3 is 9.32 Å². The normalized spacial score (nSPS) is 10.1.